The van der Waals surface area contributed by atoms with Gasteiger partial charge in [-0.05, 0) is 43.6 Å². The highest BCUT2D eigenvalue weighted by Crippen LogP contribution is 2.44. The van der Waals surface area contributed by atoms with E-state index in [2.05, 4.69) is 40.0 Å². The molecule has 0 amide bonds. The highest BCUT2D eigenvalue weighted by Gasteiger charge is 2.30. The standard InChI is InChI=1S/C20H30O2/c1-6-16(13(2)3)9-7-14(4)18-10-8-15(5)20-19(18)11-17(12-21)22-20/h6,11,13,15-16,18,21H,1,4,7-10,12H2,2-3,5H3/t15-,16-,18+/m1/s1. The van der Waals surface area contributed by atoms with Crippen LogP contribution in [0.3, 0.4) is 0 Å². The fourth-order valence-corrected chi connectivity index (χ4v) is 3.59. The van der Waals surface area contributed by atoms with Gasteiger partial charge < -0.3 is 9.52 Å². The van der Waals surface area contributed by atoms with Crippen molar-refractivity contribution in [2.24, 2.45) is 11.8 Å². The Morgan fingerprint density at radius 1 is 1.45 bits per heavy atom. The lowest BCUT2D eigenvalue weighted by Gasteiger charge is -2.28. The van der Waals surface area contributed by atoms with Crippen LogP contribution in [0.25, 0.3) is 0 Å². The predicted octanol–water partition coefficient (Wildman–Crippen LogP) is 5.55. The van der Waals surface area contributed by atoms with E-state index >= 15 is 0 Å². The number of allylic oxidation sites excluding steroid dienone is 2. The summed E-state index contributed by atoms with van der Waals surface area (Å²) in [5, 5.41) is 9.34. The van der Waals surface area contributed by atoms with Crippen molar-refractivity contribution in [1.82, 2.24) is 0 Å². The zero-order valence-electron chi connectivity index (χ0n) is 14.3. The first-order chi connectivity index (χ1) is 10.5. The molecule has 1 aromatic heterocycles. The normalized spacial score (nSPS) is 22.4. The monoisotopic (exact) mass is 302 g/mol. The van der Waals surface area contributed by atoms with E-state index in [4.69, 9.17) is 4.42 Å². The Hall–Kier alpha value is -1.28. The SMILES string of the molecule is C=C[C@H](CCC(=C)[C@@H]1CC[C@@H](C)c2oc(CO)cc21)C(C)C. The first-order valence-electron chi connectivity index (χ1n) is 8.51. The van der Waals surface area contributed by atoms with Gasteiger partial charge in [0.15, 0.2) is 0 Å². The number of aliphatic hydroxyl groups excluding tert-OH is 1. The maximum atomic E-state index is 9.34. The highest BCUT2D eigenvalue weighted by molar-refractivity contribution is 5.36. The minimum absolute atomic E-state index is 0.0230. The fourth-order valence-electron chi connectivity index (χ4n) is 3.59. The minimum Gasteiger partial charge on any atom is -0.463 e. The van der Waals surface area contributed by atoms with E-state index < -0.39 is 0 Å². The molecule has 1 aromatic rings. The van der Waals surface area contributed by atoms with Crippen LogP contribution in [0.15, 0.2) is 35.3 Å². The van der Waals surface area contributed by atoms with Crippen molar-refractivity contribution in [3.05, 3.63) is 48.0 Å². The molecule has 0 aliphatic heterocycles. The largest absolute Gasteiger partial charge is 0.463 e. The van der Waals surface area contributed by atoms with Gasteiger partial charge in [0, 0.05) is 17.4 Å². The molecule has 2 heteroatoms. The summed E-state index contributed by atoms with van der Waals surface area (Å²) < 4.78 is 5.83. The van der Waals surface area contributed by atoms with Crippen LogP contribution in [0.2, 0.25) is 0 Å². The molecule has 122 valence electrons. The van der Waals surface area contributed by atoms with Crippen LogP contribution in [0.1, 0.15) is 75.4 Å². The number of rotatable bonds is 7. The van der Waals surface area contributed by atoms with Crippen molar-refractivity contribution in [3.63, 3.8) is 0 Å². The molecule has 1 aliphatic rings. The Bertz CT molecular complexity index is 524. The molecule has 0 radical (unpaired) electrons. The number of aliphatic hydroxyl groups is 1. The highest BCUT2D eigenvalue weighted by atomic mass is 16.4. The van der Waals surface area contributed by atoms with Gasteiger partial charge in [0.05, 0.1) is 0 Å². The third kappa shape index (κ3) is 3.55. The summed E-state index contributed by atoms with van der Waals surface area (Å²) in [4.78, 5) is 0. The Morgan fingerprint density at radius 3 is 2.77 bits per heavy atom. The summed E-state index contributed by atoms with van der Waals surface area (Å²) in [5.74, 6) is 3.75. The number of hydrogen-bond acceptors (Lipinski definition) is 2. The van der Waals surface area contributed by atoms with Crippen LogP contribution in [0, 0.1) is 11.8 Å². The van der Waals surface area contributed by atoms with Gasteiger partial charge in [-0.3, -0.25) is 0 Å². The van der Waals surface area contributed by atoms with Crippen LogP contribution in [0.4, 0.5) is 0 Å². The van der Waals surface area contributed by atoms with Gasteiger partial charge >= 0.3 is 0 Å². The molecule has 0 saturated heterocycles. The predicted molar refractivity (Wildman–Crippen MR) is 91.9 cm³/mol. The van der Waals surface area contributed by atoms with E-state index in [-0.39, 0.29) is 6.61 Å². The molecule has 1 N–H and O–H groups in total. The number of furan rings is 1. The Kier molecular flexibility index (Phi) is 5.69. The molecule has 0 fully saturated rings. The molecule has 0 unspecified atom stereocenters. The summed E-state index contributed by atoms with van der Waals surface area (Å²) in [6.45, 7) is 15.0. The molecule has 0 bridgehead atoms. The van der Waals surface area contributed by atoms with E-state index in [0.29, 0.717) is 29.4 Å². The Balaban J connectivity index is 2.09. The Labute approximate surface area is 134 Å². The second-order valence-corrected chi connectivity index (χ2v) is 7.06. The van der Waals surface area contributed by atoms with Crippen molar-refractivity contribution in [1.29, 1.82) is 0 Å². The third-order valence-corrected chi connectivity index (χ3v) is 5.16. The average molecular weight is 302 g/mol. The maximum Gasteiger partial charge on any atom is 0.129 e. The summed E-state index contributed by atoms with van der Waals surface area (Å²) in [7, 11) is 0. The Morgan fingerprint density at radius 2 is 2.18 bits per heavy atom. The first-order valence-corrected chi connectivity index (χ1v) is 8.51. The van der Waals surface area contributed by atoms with Gasteiger partial charge in [-0.15, -0.1) is 6.58 Å². The van der Waals surface area contributed by atoms with Crippen LogP contribution in [-0.4, -0.2) is 5.11 Å². The van der Waals surface area contributed by atoms with Gasteiger partial charge in [0.1, 0.15) is 18.1 Å². The molecule has 1 heterocycles. The lowest BCUT2D eigenvalue weighted by atomic mass is 9.76. The van der Waals surface area contributed by atoms with Crippen LogP contribution >= 0.6 is 0 Å². The van der Waals surface area contributed by atoms with Crippen molar-refractivity contribution in [3.8, 4) is 0 Å². The second kappa shape index (κ2) is 7.32. The maximum absolute atomic E-state index is 9.34. The van der Waals surface area contributed by atoms with Crippen LogP contribution < -0.4 is 0 Å². The molecule has 0 saturated carbocycles. The molecule has 1 aliphatic carbocycles. The lowest BCUT2D eigenvalue weighted by molar-refractivity contribution is 0.240. The van der Waals surface area contributed by atoms with E-state index in [1.54, 1.807) is 0 Å². The molecule has 0 aromatic carbocycles. The third-order valence-electron chi connectivity index (χ3n) is 5.16. The summed E-state index contributed by atoms with van der Waals surface area (Å²) in [6, 6.07) is 2.04. The van der Waals surface area contributed by atoms with Gasteiger partial charge in [-0.25, -0.2) is 0 Å². The van der Waals surface area contributed by atoms with Crippen molar-refractivity contribution in [2.45, 2.75) is 64.9 Å². The minimum atomic E-state index is -0.0230. The van der Waals surface area contributed by atoms with Crippen molar-refractivity contribution >= 4 is 0 Å². The molecule has 2 nitrogen and oxygen atoms in total. The first kappa shape index (κ1) is 17.1. The lowest BCUT2D eigenvalue weighted by Crippen LogP contribution is -2.13. The topological polar surface area (TPSA) is 33.4 Å². The fraction of sp³-hybridized carbons (Fsp3) is 0.600. The zero-order valence-corrected chi connectivity index (χ0v) is 14.3. The van der Waals surface area contributed by atoms with E-state index in [9.17, 15) is 5.11 Å². The second-order valence-electron chi connectivity index (χ2n) is 7.06. The van der Waals surface area contributed by atoms with E-state index in [1.165, 1.54) is 11.1 Å². The van der Waals surface area contributed by atoms with Crippen molar-refractivity contribution in [2.75, 3.05) is 0 Å². The molecule has 0 spiro atoms. The molecular formula is C20H30O2. The quantitative estimate of drug-likeness (QED) is 0.670. The summed E-state index contributed by atoms with van der Waals surface area (Å²) in [5.41, 5.74) is 2.55. The van der Waals surface area contributed by atoms with Gasteiger partial charge in [0.25, 0.3) is 0 Å². The zero-order chi connectivity index (χ0) is 16.3. The molecular weight excluding hydrogens is 272 g/mol. The number of hydrogen-bond donors (Lipinski definition) is 1. The van der Waals surface area contributed by atoms with Gasteiger partial charge in [-0.2, -0.15) is 0 Å². The van der Waals surface area contributed by atoms with E-state index in [1.807, 2.05) is 6.07 Å². The molecule has 22 heavy (non-hydrogen) atoms. The van der Waals surface area contributed by atoms with Crippen LogP contribution in [0.5, 0.6) is 0 Å². The van der Waals surface area contributed by atoms with E-state index in [0.717, 1.165) is 31.4 Å². The molecule has 2 rings (SSSR count). The van der Waals surface area contributed by atoms with Gasteiger partial charge in [-0.1, -0.05) is 39.0 Å². The van der Waals surface area contributed by atoms with Crippen LogP contribution in [-0.2, 0) is 6.61 Å². The number of fused-ring (bicyclic) bond motifs is 1. The summed E-state index contributed by atoms with van der Waals surface area (Å²) >= 11 is 0. The smallest absolute Gasteiger partial charge is 0.129 e. The van der Waals surface area contributed by atoms with Crippen molar-refractivity contribution < 1.29 is 9.52 Å². The average Bonchev–Trinajstić information content (AvgIpc) is 2.92. The summed E-state index contributed by atoms with van der Waals surface area (Å²) in [6.07, 6.45) is 6.50. The van der Waals surface area contributed by atoms with Gasteiger partial charge in [0.2, 0.25) is 0 Å². The molecule has 3 atom stereocenters.